The van der Waals surface area contributed by atoms with Gasteiger partial charge < -0.3 is 13.9 Å². The molecule has 0 saturated carbocycles. The maximum atomic E-state index is 12.4. The van der Waals surface area contributed by atoms with E-state index < -0.39 is 0 Å². The van der Waals surface area contributed by atoms with E-state index >= 15 is 0 Å². The van der Waals surface area contributed by atoms with Gasteiger partial charge in [0.1, 0.15) is 22.7 Å². The Bertz CT molecular complexity index is 861. The Balaban J connectivity index is 2.24. The average Bonchev–Trinajstić information content (AvgIpc) is 2.94. The second-order valence-corrected chi connectivity index (χ2v) is 5.20. The van der Waals surface area contributed by atoms with E-state index in [9.17, 15) is 4.79 Å². The highest BCUT2D eigenvalue weighted by Crippen LogP contribution is 2.36. The fraction of sp³-hybridized carbons (Fsp3) is 0.211. The van der Waals surface area contributed by atoms with Gasteiger partial charge in [-0.15, -0.1) is 0 Å². The first-order valence-electron chi connectivity index (χ1n) is 7.49. The van der Waals surface area contributed by atoms with Gasteiger partial charge in [0, 0.05) is 10.9 Å². The summed E-state index contributed by atoms with van der Waals surface area (Å²) in [5.74, 6) is 0.924. The topological polar surface area (TPSA) is 48.7 Å². The van der Waals surface area contributed by atoms with E-state index in [1.807, 2.05) is 49.4 Å². The predicted molar refractivity (Wildman–Crippen MR) is 88.9 cm³/mol. The van der Waals surface area contributed by atoms with Crippen LogP contribution < -0.4 is 4.74 Å². The lowest BCUT2D eigenvalue weighted by Gasteiger charge is -2.08. The summed E-state index contributed by atoms with van der Waals surface area (Å²) in [5, 5.41) is 0.760. The molecule has 0 spiro atoms. The van der Waals surface area contributed by atoms with Gasteiger partial charge in [0.2, 0.25) is 0 Å². The van der Waals surface area contributed by atoms with Crippen molar-refractivity contribution in [3.8, 4) is 17.1 Å². The Labute approximate surface area is 134 Å². The Morgan fingerprint density at radius 3 is 2.65 bits per heavy atom. The van der Waals surface area contributed by atoms with Crippen LogP contribution in [0.2, 0.25) is 0 Å². The molecule has 118 valence electrons. The zero-order valence-electron chi connectivity index (χ0n) is 13.4. The minimum atomic E-state index is -0.373. The van der Waals surface area contributed by atoms with Crippen LogP contribution in [0.15, 0.2) is 46.9 Å². The second-order valence-electron chi connectivity index (χ2n) is 5.20. The maximum absolute atomic E-state index is 12.4. The van der Waals surface area contributed by atoms with Crippen LogP contribution in [-0.4, -0.2) is 19.7 Å². The molecule has 0 N–H and O–H groups in total. The monoisotopic (exact) mass is 310 g/mol. The molecular weight excluding hydrogens is 292 g/mol. The average molecular weight is 310 g/mol. The third-order valence-electron chi connectivity index (χ3n) is 3.75. The van der Waals surface area contributed by atoms with E-state index in [-0.39, 0.29) is 5.97 Å². The number of aryl methyl sites for hydroxylation is 1. The Morgan fingerprint density at radius 2 is 1.96 bits per heavy atom. The minimum absolute atomic E-state index is 0.319. The molecule has 3 rings (SSSR count). The molecule has 0 atom stereocenters. The summed E-state index contributed by atoms with van der Waals surface area (Å²) in [6, 6.07) is 13.1. The molecule has 3 aromatic rings. The summed E-state index contributed by atoms with van der Waals surface area (Å²) in [7, 11) is 1.62. The molecule has 0 aliphatic heterocycles. The number of hydrogen-bond donors (Lipinski definition) is 0. The Hall–Kier alpha value is -2.75. The lowest BCUT2D eigenvalue weighted by Crippen LogP contribution is -2.05. The number of rotatable bonds is 4. The second kappa shape index (κ2) is 6.16. The van der Waals surface area contributed by atoms with E-state index in [0.29, 0.717) is 23.5 Å². The number of methoxy groups -OCH3 is 1. The molecule has 0 amide bonds. The summed E-state index contributed by atoms with van der Waals surface area (Å²) in [5.41, 5.74) is 2.95. The smallest absolute Gasteiger partial charge is 0.342 e. The SMILES string of the molecule is CCOC(=O)c1c(-c2ccc(OC)cc2C)oc2ccccc12. The third-order valence-corrected chi connectivity index (χ3v) is 3.75. The van der Waals surface area contributed by atoms with E-state index in [1.165, 1.54) is 0 Å². The van der Waals surface area contributed by atoms with Crippen LogP contribution in [0.5, 0.6) is 5.75 Å². The van der Waals surface area contributed by atoms with Gasteiger partial charge >= 0.3 is 5.97 Å². The third kappa shape index (κ3) is 2.68. The number of fused-ring (bicyclic) bond motifs is 1. The molecule has 0 bridgehead atoms. The highest BCUT2D eigenvalue weighted by atomic mass is 16.5. The van der Waals surface area contributed by atoms with Crippen molar-refractivity contribution in [1.29, 1.82) is 0 Å². The first kappa shape index (κ1) is 15.2. The summed E-state index contributed by atoms with van der Waals surface area (Å²) >= 11 is 0. The summed E-state index contributed by atoms with van der Waals surface area (Å²) in [4.78, 5) is 12.4. The quantitative estimate of drug-likeness (QED) is 0.661. The van der Waals surface area contributed by atoms with Crippen LogP contribution in [0.25, 0.3) is 22.3 Å². The van der Waals surface area contributed by atoms with Crippen molar-refractivity contribution >= 4 is 16.9 Å². The van der Waals surface area contributed by atoms with Crippen LogP contribution in [0.1, 0.15) is 22.8 Å². The molecule has 0 aliphatic rings. The van der Waals surface area contributed by atoms with E-state index in [1.54, 1.807) is 14.0 Å². The van der Waals surface area contributed by atoms with Crippen LogP contribution in [0.4, 0.5) is 0 Å². The van der Waals surface area contributed by atoms with E-state index in [0.717, 1.165) is 22.3 Å². The summed E-state index contributed by atoms with van der Waals surface area (Å²) in [6.45, 7) is 4.07. The van der Waals surface area contributed by atoms with Crippen molar-refractivity contribution in [3.05, 3.63) is 53.6 Å². The molecule has 0 unspecified atom stereocenters. The van der Waals surface area contributed by atoms with Gasteiger partial charge in [-0.25, -0.2) is 4.79 Å². The molecule has 1 aromatic heterocycles. The number of carbonyl (C=O) groups is 1. The molecule has 1 heterocycles. The fourth-order valence-electron chi connectivity index (χ4n) is 2.66. The number of para-hydroxylation sites is 1. The number of hydrogen-bond acceptors (Lipinski definition) is 4. The lowest BCUT2D eigenvalue weighted by molar-refractivity contribution is 0.0529. The predicted octanol–water partition coefficient (Wildman–Crippen LogP) is 4.59. The van der Waals surface area contributed by atoms with Crippen LogP contribution in [0.3, 0.4) is 0 Å². The summed E-state index contributed by atoms with van der Waals surface area (Å²) in [6.07, 6.45) is 0. The maximum Gasteiger partial charge on any atom is 0.342 e. The van der Waals surface area contributed by atoms with Crippen molar-refractivity contribution in [3.63, 3.8) is 0 Å². The highest BCUT2D eigenvalue weighted by molar-refractivity contribution is 6.09. The lowest BCUT2D eigenvalue weighted by atomic mass is 10.0. The Kier molecular flexibility index (Phi) is 4.06. The Morgan fingerprint density at radius 1 is 1.17 bits per heavy atom. The van der Waals surface area contributed by atoms with Crippen molar-refractivity contribution in [2.45, 2.75) is 13.8 Å². The number of ether oxygens (including phenoxy) is 2. The van der Waals surface area contributed by atoms with Crippen LogP contribution in [0, 0.1) is 6.92 Å². The van der Waals surface area contributed by atoms with Crippen molar-refractivity contribution < 1.29 is 18.7 Å². The van der Waals surface area contributed by atoms with Crippen molar-refractivity contribution in [2.75, 3.05) is 13.7 Å². The first-order valence-corrected chi connectivity index (χ1v) is 7.49. The van der Waals surface area contributed by atoms with Crippen molar-refractivity contribution in [1.82, 2.24) is 0 Å². The number of furan rings is 1. The van der Waals surface area contributed by atoms with Gasteiger partial charge in [-0.2, -0.15) is 0 Å². The van der Waals surface area contributed by atoms with Crippen molar-refractivity contribution in [2.24, 2.45) is 0 Å². The normalized spacial score (nSPS) is 10.7. The molecule has 0 radical (unpaired) electrons. The van der Waals surface area contributed by atoms with Gasteiger partial charge in [-0.3, -0.25) is 0 Å². The molecular formula is C19H18O4. The van der Waals surface area contributed by atoms with Gasteiger partial charge in [0.15, 0.2) is 0 Å². The highest BCUT2D eigenvalue weighted by Gasteiger charge is 2.24. The molecule has 0 fully saturated rings. The molecule has 23 heavy (non-hydrogen) atoms. The number of esters is 1. The van der Waals surface area contributed by atoms with Crippen LogP contribution in [-0.2, 0) is 4.74 Å². The van der Waals surface area contributed by atoms with Gasteiger partial charge in [-0.1, -0.05) is 18.2 Å². The largest absolute Gasteiger partial charge is 0.497 e. The molecule has 4 heteroatoms. The van der Waals surface area contributed by atoms with Crippen LogP contribution >= 0.6 is 0 Å². The fourth-order valence-corrected chi connectivity index (χ4v) is 2.66. The standard InChI is InChI=1S/C19H18O4/c1-4-22-19(20)17-15-7-5-6-8-16(15)23-18(17)14-10-9-13(21-3)11-12(14)2/h5-11H,4H2,1-3H3. The number of benzene rings is 2. The van der Waals surface area contributed by atoms with Gasteiger partial charge in [-0.05, 0) is 43.7 Å². The molecule has 4 nitrogen and oxygen atoms in total. The van der Waals surface area contributed by atoms with Gasteiger partial charge in [0.25, 0.3) is 0 Å². The molecule has 0 saturated heterocycles. The first-order chi connectivity index (χ1) is 11.2. The zero-order valence-corrected chi connectivity index (χ0v) is 13.4. The minimum Gasteiger partial charge on any atom is -0.497 e. The number of carbonyl (C=O) groups excluding carboxylic acids is 1. The zero-order chi connectivity index (χ0) is 16.4. The van der Waals surface area contributed by atoms with E-state index in [2.05, 4.69) is 0 Å². The molecule has 0 aliphatic carbocycles. The molecule has 2 aromatic carbocycles. The summed E-state index contributed by atoms with van der Waals surface area (Å²) < 4.78 is 16.4. The van der Waals surface area contributed by atoms with E-state index in [4.69, 9.17) is 13.9 Å². The van der Waals surface area contributed by atoms with Gasteiger partial charge in [0.05, 0.1) is 13.7 Å².